The quantitative estimate of drug-likeness (QED) is 0.685. The van der Waals surface area contributed by atoms with Gasteiger partial charge in [0.15, 0.2) is 0 Å². The summed E-state index contributed by atoms with van der Waals surface area (Å²) >= 11 is 3.34. The molecule has 0 spiro atoms. The molecule has 1 aromatic carbocycles. The summed E-state index contributed by atoms with van der Waals surface area (Å²) in [4.78, 5) is 12.0. The maximum absolute atomic E-state index is 12.0. The summed E-state index contributed by atoms with van der Waals surface area (Å²) in [5.41, 5.74) is 4.70. The van der Waals surface area contributed by atoms with Crippen LogP contribution >= 0.6 is 15.9 Å². The van der Waals surface area contributed by atoms with Crippen LogP contribution in [0.2, 0.25) is 0 Å². The summed E-state index contributed by atoms with van der Waals surface area (Å²) in [6.07, 6.45) is 0. The number of aryl methyl sites for hydroxylation is 2. The smallest absolute Gasteiger partial charge is 0.272 e. The molecule has 0 aliphatic carbocycles. The monoisotopic (exact) mass is 334 g/mol. The Morgan fingerprint density at radius 1 is 1.25 bits per heavy atom. The predicted molar refractivity (Wildman–Crippen MR) is 82.0 cm³/mol. The number of carbonyl (C=O) groups excluding carboxylic acids is 1. The number of hydrogen-bond acceptors (Lipinski definition) is 3. The van der Waals surface area contributed by atoms with E-state index in [4.69, 9.17) is 4.42 Å². The van der Waals surface area contributed by atoms with Crippen LogP contribution in [-0.4, -0.2) is 11.6 Å². The van der Waals surface area contributed by atoms with E-state index < -0.39 is 0 Å². The Balaban J connectivity index is 2.15. The fourth-order valence-corrected chi connectivity index (χ4v) is 2.36. The maximum Gasteiger partial charge on any atom is 0.272 e. The summed E-state index contributed by atoms with van der Waals surface area (Å²) in [6.45, 7) is 5.58. The van der Waals surface area contributed by atoms with Crippen LogP contribution < -0.4 is 5.43 Å². The fraction of sp³-hybridized carbons (Fsp3) is 0.200. The number of benzene rings is 1. The van der Waals surface area contributed by atoms with Crippen molar-refractivity contribution in [1.82, 2.24) is 5.43 Å². The molecule has 0 aliphatic heterocycles. The minimum atomic E-state index is -0.255. The third-order valence-corrected chi connectivity index (χ3v) is 3.57. The van der Waals surface area contributed by atoms with Gasteiger partial charge in [0.2, 0.25) is 0 Å². The fourth-order valence-electron chi connectivity index (χ4n) is 1.89. The molecule has 1 heterocycles. The summed E-state index contributed by atoms with van der Waals surface area (Å²) in [5, 5.41) is 4.12. The van der Waals surface area contributed by atoms with E-state index >= 15 is 0 Å². The second-order valence-electron chi connectivity index (χ2n) is 4.44. The molecule has 0 saturated heterocycles. The van der Waals surface area contributed by atoms with Crippen LogP contribution in [0, 0.1) is 13.8 Å². The number of halogens is 1. The Labute approximate surface area is 126 Å². The lowest BCUT2D eigenvalue weighted by atomic mass is 10.2. The van der Waals surface area contributed by atoms with Crippen LogP contribution in [0.4, 0.5) is 0 Å². The van der Waals surface area contributed by atoms with Crippen LogP contribution in [-0.2, 0) is 0 Å². The lowest BCUT2D eigenvalue weighted by molar-refractivity contribution is 0.0954. The molecule has 0 atom stereocenters. The van der Waals surface area contributed by atoms with E-state index in [0.29, 0.717) is 11.3 Å². The Hall–Kier alpha value is -1.88. The zero-order valence-electron chi connectivity index (χ0n) is 11.5. The molecule has 0 radical (unpaired) electrons. The Morgan fingerprint density at radius 2 is 1.95 bits per heavy atom. The zero-order chi connectivity index (χ0) is 14.7. The highest BCUT2D eigenvalue weighted by molar-refractivity contribution is 9.10. The van der Waals surface area contributed by atoms with Gasteiger partial charge in [-0.15, -0.1) is 0 Å². The Kier molecular flexibility index (Phi) is 4.39. The predicted octanol–water partition coefficient (Wildman–Crippen LogP) is 3.81. The van der Waals surface area contributed by atoms with Gasteiger partial charge in [-0.3, -0.25) is 4.79 Å². The van der Waals surface area contributed by atoms with Gasteiger partial charge in [0.25, 0.3) is 5.91 Å². The van der Waals surface area contributed by atoms with Gasteiger partial charge in [0.05, 0.1) is 11.3 Å². The molecule has 1 aromatic heterocycles. The first-order chi connectivity index (χ1) is 9.49. The van der Waals surface area contributed by atoms with Crippen molar-refractivity contribution in [3.8, 4) is 0 Å². The third kappa shape index (κ3) is 3.17. The normalized spacial score (nSPS) is 11.5. The number of hydrogen-bond donors (Lipinski definition) is 1. The highest BCUT2D eigenvalue weighted by atomic mass is 79.9. The highest BCUT2D eigenvalue weighted by Gasteiger charge is 2.10. The van der Waals surface area contributed by atoms with Crippen molar-refractivity contribution in [3.63, 3.8) is 0 Å². The van der Waals surface area contributed by atoms with Gasteiger partial charge >= 0.3 is 0 Å². The lowest BCUT2D eigenvalue weighted by Crippen LogP contribution is -2.19. The molecule has 104 valence electrons. The molecule has 1 amide bonds. The largest absolute Gasteiger partial charge is 0.466 e. The molecule has 0 bridgehead atoms. The van der Waals surface area contributed by atoms with Crippen molar-refractivity contribution in [3.05, 3.63) is 57.5 Å². The zero-order valence-corrected chi connectivity index (χ0v) is 13.1. The first-order valence-electron chi connectivity index (χ1n) is 6.15. The van der Waals surface area contributed by atoms with Gasteiger partial charge in [-0.1, -0.05) is 12.1 Å². The second kappa shape index (κ2) is 6.05. The van der Waals surface area contributed by atoms with Crippen molar-refractivity contribution in [1.29, 1.82) is 0 Å². The molecule has 0 aliphatic rings. The standard InChI is InChI=1S/C15H15BrN2O2/c1-9-8-13(11(3)20-9)10(2)17-18-15(19)12-6-4-5-7-14(12)16/h4-8H,1-3H3,(H,18,19)/b17-10-. The van der Waals surface area contributed by atoms with Crippen molar-refractivity contribution in [2.24, 2.45) is 5.10 Å². The number of nitrogens with one attached hydrogen (secondary N) is 1. The van der Waals surface area contributed by atoms with Crippen LogP contribution in [0.5, 0.6) is 0 Å². The maximum atomic E-state index is 12.0. The molecule has 2 rings (SSSR count). The molecule has 0 fully saturated rings. The minimum Gasteiger partial charge on any atom is -0.466 e. The molecular weight excluding hydrogens is 320 g/mol. The average Bonchev–Trinajstić information content (AvgIpc) is 2.75. The number of carbonyl (C=O) groups is 1. The number of rotatable bonds is 3. The van der Waals surface area contributed by atoms with Crippen molar-refractivity contribution in [2.45, 2.75) is 20.8 Å². The summed E-state index contributed by atoms with van der Waals surface area (Å²) in [5.74, 6) is 1.36. The van der Waals surface area contributed by atoms with Crippen LogP contribution in [0.3, 0.4) is 0 Å². The Bertz CT molecular complexity index is 674. The SMILES string of the molecule is C/C(=N/NC(=O)c1ccccc1Br)c1cc(C)oc1C. The van der Waals surface area contributed by atoms with Crippen molar-refractivity contribution >= 4 is 27.5 Å². The average molecular weight is 335 g/mol. The Morgan fingerprint density at radius 3 is 2.55 bits per heavy atom. The van der Waals surface area contributed by atoms with Gasteiger partial charge in [-0.2, -0.15) is 5.10 Å². The van der Waals surface area contributed by atoms with Gasteiger partial charge in [-0.25, -0.2) is 5.43 Å². The van der Waals surface area contributed by atoms with Gasteiger partial charge in [0.1, 0.15) is 11.5 Å². The second-order valence-corrected chi connectivity index (χ2v) is 5.30. The van der Waals surface area contributed by atoms with Crippen molar-refractivity contribution < 1.29 is 9.21 Å². The lowest BCUT2D eigenvalue weighted by Gasteiger charge is -2.03. The van der Waals surface area contributed by atoms with Crippen LogP contribution in [0.15, 0.2) is 44.3 Å². The van der Waals surface area contributed by atoms with E-state index in [9.17, 15) is 4.79 Å². The summed E-state index contributed by atoms with van der Waals surface area (Å²) in [7, 11) is 0. The summed E-state index contributed by atoms with van der Waals surface area (Å²) < 4.78 is 6.18. The summed E-state index contributed by atoms with van der Waals surface area (Å²) in [6, 6.07) is 9.11. The highest BCUT2D eigenvalue weighted by Crippen LogP contribution is 2.16. The first-order valence-corrected chi connectivity index (χ1v) is 6.95. The van der Waals surface area contributed by atoms with Gasteiger partial charge in [-0.05, 0) is 54.9 Å². The van der Waals surface area contributed by atoms with E-state index in [1.807, 2.05) is 39.0 Å². The number of nitrogens with zero attached hydrogens (tertiary/aromatic N) is 1. The van der Waals surface area contributed by atoms with Crippen LogP contribution in [0.25, 0.3) is 0 Å². The number of amides is 1. The molecule has 5 heteroatoms. The van der Waals surface area contributed by atoms with Crippen LogP contribution in [0.1, 0.15) is 34.4 Å². The first kappa shape index (κ1) is 14.5. The van der Waals surface area contributed by atoms with E-state index in [1.165, 1.54) is 0 Å². The topological polar surface area (TPSA) is 54.6 Å². The van der Waals surface area contributed by atoms with E-state index in [2.05, 4.69) is 26.5 Å². The number of furan rings is 1. The molecular formula is C15H15BrN2O2. The number of hydrazone groups is 1. The molecule has 4 nitrogen and oxygen atoms in total. The van der Waals surface area contributed by atoms with E-state index in [-0.39, 0.29) is 5.91 Å². The molecule has 0 unspecified atom stereocenters. The molecule has 1 N–H and O–H groups in total. The minimum absolute atomic E-state index is 0.255. The molecule has 20 heavy (non-hydrogen) atoms. The van der Waals surface area contributed by atoms with E-state index in [1.54, 1.807) is 12.1 Å². The van der Waals surface area contributed by atoms with Gasteiger partial charge in [0, 0.05) is 10.0 Å². The van der Waals surface area contributed by atoms with Crippen molar-refractivity contribution in [2.75, 3.05) is 0 Å². The van der Waals surface area contributed by atoms with E-state index in [0.717, 1.165) is 21.6 Å². The molecule has 2 aromatic rings. The molecule has 0 saturated carbocycles. The van der Waals surface area contributed by atoms with Gasteiger partial charge < -0.3 is 4.42 Å². The third-order valence-electron chi connectivity index (χ3n) is 2.87.